The Morgan fingerprint density at radius 1 is 1.32 bits per heavy atom. The van der Waals surface area contributed by atoms with Crippen molar-refractivity contribution in [3.63, 3.8) is 0 Å². The van der Waals surface area contributed by atoms with Gasteiger partial charge < -0.3 is 5.32 Å². The summed E-state index contributed by atoms with van der Waals surface area (Å²) in [5.74, 6) is -0.414. The molecular weight excluding hydrogens is 295 g/mol. The Balaban J connectivity index is 1.86. The van der Waals surface area contributed by atoms with E-state index in [2.05, 4.69) is 15.8 Å². The van der Waals surface area contributed by atoms with Crippen molar-refractivity contribution < 1.29 is 18.0 Å². The topological polar surface area (TPSA) is 53.5 Å². The number of benzene rings is 1. The largest absolute Gasteiger partial charge is 0.416 e. The SMILES string of the molecule is CC1=CC(=NNC(=O)CNc2cccc(C(F)(F)F)c2)CC1. The second-order valence-electron chi connectivity index (χ2n) is 5.06. The fourth-order valence-corrected chi connectivity index (χ4v) is 2.00. The predicted molar refractivity (Wildman–Crippen MR) is 78.5 cm³/mol. The first-order valence-corrected chi connectivity index (χ1v) is 6.78. The number of alkyl halides is 3. The molecule has 1 aliphatic carbocycles. The Bertz CT molecular complexity index is 621. The van der Waals surface area contributed by atoms with Crippen molar-refractivity contribution >= 4 is 17.3 Å². The number of carbonyl (C=O) groups excluding carboxylic acids is 1. The molecular formula is C15H16F3N3O. The van der Waals surface area contributed by atoms with Crippen molar-refractivity contribution in [3.8, 4) is 0 Å². The van der Waals surface area contributed by atoms with Gasteiger partial charge in [-0.15, -0.1) is 0 Å². The molecule has 2 rings (SSSR count). The summed E-state index contributed by atoms with van der Waals surface area (Å²) < 4.78 is 37.7. The summed E-state index contributed by atoms with van der Waals surface area (Å²) in [5, 5.41) is 6.61. The second-order valence-corrected chi connectivity index (χ2v) is 5.06. The molecule has 0 fully saturated rings. The fraction of sp³-hybridized carbons (Fsp3) is 0.333. The van der Waals surface area contributed by atoms with Crippen LogP contribution in [-0.4, -0.2) is 18.2 Å². The zero-order chi connectivity index (χ0) is 16.2. The van der Waals surface area contributed by atoms with E-state index in [1.54, 1.807) is 0 Å². The van der Waals surface area contributed by atoms with Gasteiger partial charge in [-0.25, -0.2) is 5.43 Å². The zero-order valence-corrected chi connectivity index (χ0v) is 12.0. The maximum atomic E-state index is 12.6. The van der Waals surface area contributed by atoms with Crippen molar-refractivity contribution in [2.75, 3.05) is 11.9 Å². The van der Waals surface area contributed by atoms with Crippen LogP contribution in [0.3, 0.4) is 0 Å². The summed E-state index contributed by atoms with van der Waals surface area (Å²) in [6.07, 6.45) is -0.788. The van der Waals surface area contributed by atoms with Gasteiger partial charge in [0.25, 0.3) is 5.91 Å². The van der Waals surface area contributed by atoms with Gasteiger partial charge in [-0.3, -0.25) is 4.79 Å². The third-order valence-electron chi connectivity index (χ3n) is 3.16. The van der Waals surface area contributed by atoms with E-state index in [0.29, 0.717) is 0 Å². The van der Waals surface area contributed by atoms with Gasteiger partial charge in [0.05, 0.1) is 17.8 Å². The number of hydrazone groups is 1. The van der Waals surface area contributed by atoms with Crippen LogP contribution >= 0.6 is 0 Å². The zero-order valence-electron chi connectivity index (χ0n) is 12.0. The van der Waals surface area contributed by atoms with Crippen LogP contribution in [-0.2, 0) is 11.0 Å². The number of hydrogen-bond acceptors (Lipinski definition) is 3. The smallest absolute Gasteiger partial charge is 0.376 e. The van der Waals surface area contributed by atoms with E-state index in [-0.39, 0.29) is 12.2 Å². The molecule has 0 aromatic heterocycles. The van der Waals surface area contributed by atoms with E-state index in [1.807, 2.05) is 13.0 Å². The Morgan fingerprint density at radius 3 is 2.73 bits per heavy atom. The van der Waals surface area contributed by atoms with Gasteiger partial charge >= 0.3 is 6.18 Å². The highest BCUT2D eigenvalue weighted by atomic mass is 19.4. The predicted octanol–water partition coefficient (Wildman–Crippen LogP) is 3.33. The summed E-state index contributed by atoms with van der Waals surface area (Å²) in [6.45, 7) is 1.83. The third-order valence-corrected chi connectivity index (χ3v) is 3.16. The number of rotatable bonds is 4. The van der Waals surface area contributed by atoms with Crippen molar-refractivity contribution in [2.45, 2.75) is 25.9 Å². The minimum absolute atomic E-state index is 0.152. The Hall–Kier alpha value is -2.31. The number of carbonyl (C=O) groups is 1. The molecule has 0 radical (unpaired) electrons. The standard InChI is InChI=1S/C15H16F3N3O/c1-10-5-6-13(7-10)20-21-14(22)9-19-12-4-2-3-11(8-12)15(16,17)18/h2-4,7-8,19H,5-6,9H2,1H3,(H,21,22). The summed E-state index contributed by atoms with van der Waals surface area (Å²) in [4.78, 5) is 11.6. The first-order valence-electron chi connectivity index (χ1n) is 6.78. The maximum absolute atomic E-state index is 12.6. The first-order chi connectivity index (χ1) is 10.3. The monoisotopic (exact) mass is 311 g/mol. The van der Waals surface area contributed by atoms with Gasteiger partial charge in [0.15, 0.2) is 0 Å². The fourth-order valence-electron chi connectivity index (χ4n) is 2.00. The van der Waals surface area contributed by atoms with Crippen LogP contribution in [0.15, 0.2) is 41.0 Å². The average Bonchev–Trinajstić information content (AvgIpc) is 2.88. The van der Waals surface area contributed by atoms with E-state index in [4.69, 9.17) is 0 Å². The molecule has 0 unspecified atom stereocenters. The highest BCUT2D eigenvalue weighted by molar-refractivity contribution is 5.98. The Kier molecular flexibility index (Phi) is 4.85. The van der Waals surface area contributed by atoms with Crippen molar-refractivity contribution in [2.24, 2.45) is 5.10 Å². The lowest BCUT2D eigenvalue weighted by Gasteiger charge is -2.10. The van der Waals surface area contributed by atoms with Gasteiger partial charge in [-0.05, 0) is 44.0 Å². The van der Waals surface area contributed by atoms with Crippen LogP contribution < -0.4 is 10.7 Å². The van der Waals surface area contributed by atoms with Crippen LogP contribution in [0.4, 0.5) is 18.9 Å². The molecule has 118 valence electrons. The molecule has 22 heavy (non-hydrogen) atoms. The third kappa shape index (κ3) is 4.61. The van der Waals surface area contributed by atoms with E-state index >= 15 is 0 Å². The summed E-state index contributed by atoms with van der Waals surface area (Å²) in [6, 6.07) is 4.70. The van der Waals surface area contributed by atoms with Crippen LogP contribution in [0.2, 0.25) is 0 Å². The van der Waals surface area contributed by atoms with Gasteiger partial charge in [0, 0.05) is 5.69 Å². The molecule has 0 heterocycles. The highest BCUT2D eigenvalue weighted by Gasteiger charge is 2.30. The summed E-state index contributed by atoms with van der Waals surface area (Å²) in [5.41, 5.74) is 3.85. The van der Waals surface area contributed by atoms with Crippen molar-refractivity contribution in [3.05, 3.63) is 41.5 Å². The Morgan fingerprint density at radius 2 is 2.09 bits per heavy atom. The van der Waals surface area contributed by atoms with E-state index in [9.17, 15) is 18.0 Å². The molecule has 2 N–H and O–H groups in total. The molecule has 0 aliphatic heterocycles. The van der Waals surface area contributed by atoms with E-state index in [1.165, 1.54) is 17.7 Å². The molecule has 1 amide bonds. The number of nitrogens with one attached hydrogen (secondary N) is 2. The number of nitrogens with zero attached hydrogens (tertiary/aromatic N) is 1. The lowest BCUT2D eigenvalue weighted by molar-refractivity contribution is -0.137. The normalized spacial score (nSPS) is 16.5. The minimum atomic E-state index is -4.40. The molecule has 7 heteroatoms. The van der Waals surface area contributed by atoms with Gasteiger partial charge in [-0.1, -0.05) is 11.6 Å². The molecule has 1 aromatic carbocycles. The molecule has 0 spiro atoms. The number of halogens is 3. The van der Waals surface area contributed by atoms with Gasteiger partial charge in [0.1, 0.15) is 0 Å². The van der Waals surface area contributed by atoms with Crippen LogP contribution in [0.25, 0.3) is 0 Å². The van der Waals surface area contributed by atoms with Crippen LogP contribution in [0, 0.1) is 0 Å². The quantitative estimate of drug-likeness (QED) is 0.838. The minimum Gasteiger partial charge on any atom is -0.376 e. The van der Waals surface area contributed by atoms with Crippen molar-refractivity contribution in [1.82, 2.24) is 5.43 Å². The molecule has 0 saturated carbocycles. The molecule has 4 nitrogen and oxygen atoms in total. The number of hydrogen-bond donors (Lipinski definition) is 2. The number of amides is 1. The summed E-state index contributed by atoms with van der Waals surface area (Å²) >= 11 is 0. The number of anilines is 1. The van der Waals surface area contributed by atoms with E-state index < -0.39 is 17.6 Å². The van der Waals surface area contributed by atoms with Gasteiger partial charge in [-0.2, -0.15) is 18.3 Å². The van der Waals surface area contributed by atoms with Crippen molar-refractivity contribution in [1.29, 1.82) is 0 Å². The van der Waals surface area contributed by atoms with Gasteiger partial charge in [0.2, 0.25) is 0 Å². The molecule has 0 saturated heterocycles. The average molecular weight is 311 g/mol. The van der Waals surface area contributed by atoms with Crippen LogP contribution in [0.1, 0.15) is 25.3 Å². The lowest BCUT2D eigenvalue weighted by Crippen LogP contribution is -2.26. The number of allylic oxidation sites excluding steroid dienone is 2. The first kappa shape index (κ1) is 16.1. The molecule has 0 atom stereocenters. The lowest BCUT2D eigenvalue weighted by atomic mass is 10.2. The molecule has 0 bridgehead atoms. The molecule has 1 aliphatic rings. The molecule has 1 aromatic rings. The van der Waals surface area contributed by atoms with E-state index in [0.717, 1.165) is 30.7 Å². The van der Waals surface area contributed by atoms with Crippen LogP contribution in [0.5, 0.6) is 0 Å². The maximum Gasteiger partial charge on any atom is 0.416 e. The highest BCUT2D eigenvalue weighted by Crippen LogP contribution is 2.30. The second kappa shape index (κ2) is 6.64. The summed E-state index contributed by atoms with van der Waals surface area (Å²) in [7, 11) is 0. The Labute approximate surface area is 126 Å².